The van der Waals surface area contributed by atoms with E-state index in [1.807, 2.05) is 6.92 Å². The van der Waals surface area contributed by atoms with Gasteiger partial charge in [-0.3, -0.25) is 0 Å². The quantitative estimate of drug-likeness (QED) is 0.853. The van der Waals surface area contributed by atoms with Gasteiger partial charge < -0.3 is 20.1 Å². The van der Waals surface area contributed by atoms with Gasteiger partial charge in [0.05, 0.1) is 20.4 Å². The fourth-order valence-electron chi connectivity index (χ4n) is 1.75. The van der Waals surface area contributed by atoms with E-state index in [-0.39, 0.29) is 5.82 Å². The summed E-state index contributed by atoms with van der Waals surface area (Å²) in [6.45, 7) is 2.57. The first kappa shape index (κ1) is 14.8. The van der Waals surface area contributed by atoms with Crippen molar-refractivity contribution in [2.24, 2.45) is 0 Å². The van der Waals surface area contributed by atoms with Gasteiger partial charge in [-0.1, -0.05) is 0 Å². The number of nitrogens with one attached hydrogen (secondary N) is 2. The first-order valence-electron chi connectivity index (χ1n) is 6.43. The molecule has 0 unspecified atom stereocenters. The Morgan fingerprint density at radius 1 is 1.19 bits per heavy atom. The van der Waals surface area contributed by atoms with Crippen molar-refractivity contribution < 1.29 is 13.9 Å². The summed E-state index contributed by atoms with van der Waals surface area (Å²) in [6.07, 6.45) is 1.12. The molecule has 0 amide bonds. The van der Waals surface area contributed by atoms with Gasteiger partial charge in [0.2, 0.25) is 5.95 Å². The second-order valence-electron chi connectivity index (χ2n) is 4.12. The lowest BCUT2D eigenvalue weighted by Crippen LogP contribution is -2.06. The Kier molecular flexibility index (Phi) is 4.76. The van der Waals surface area contributed by atoms with Crippen molar-refractivity contribution in [1.29, 1.82) is 0 Å². The molecule has 0 spiro atoms. The Bertz CT molecular complexity index is 622. The van der Waals surface area contributed by atoms with Gasteiger partial charge >= 0.3 is 0 Å². The standard InChI is InChI=1S/C14H17FN4O2/c1-4-16-14-17-8-10(15)13(19-14)18-9-5-6-11(20-2)12(7-9)21-3/h5-8H,4H2,1-3H3,(H2,16,17,18,19). The van der Waals surface area contributed by atoms with Crippen molar-refractivity contribution >= 4 is 17.5 Å². The number of aromatic nitrogens is 2. The number of hydrogen-bond acceptors (Lipinski definition) is 6. The van der Waals surface area contributed by atoms with Crippen molar-refractivity contribution in [2.75, 3.05) is 31.4 Å². The smallest absolute Gasteiger partial charge is 0.224 e. The maximum absolute atomic E-state index is 13.8. The summed E-state index contributed by atoms with van der Waals surface area (Å²) in [5.41, 5.74) is 0.632. The van der Waals surface area contributed by atoms with Gasteiger partial charge in [0.1, 0.15) is 0 Å². The molecule has 21 heavy (non-hydrogen) atoms. The average molecular weight is 292 g/mol. The number of methoxy groups -OCH3 is 2. The van der Waals surface area contributed by atoms with Crippen molar-refractivity contribution in [1.82, 2.24) is 9.97 Å². The number of rotatable bonds is 6. The fourth-order valence-corrected chi connectivity index (χ4v) is 1.75. The molecule has 0 atom stereocenters. The van der Waals surface area contributed by atoms with E-state index in [2.05, 4.69) is 20.6 Å². The molecule has 112 valence electrons. The molecule has 0 radical (unpaired) electrons. The van der Waals surface area contributed by atoms with Crippen LogP contribution in [0, 0.1) is 5.82 Å². The van der Waals surface area contributed by atoms with Crippen LogP contribution in [0.3, 0.4) is 0 Å². The maximum atomic E-state index is 13.8. The molecule has 0 aliphatic heterocycles. The largest absolute Gasteiger partial charge is 0.493 e. The van der Waals surface area contributed by atoms with Gasteiger partial charge in [-0.2, -0.15) is 4.98 Å². The molecule has 1 aromatic carbocycles. The first-order chi connectivity index (χ1) is 10.2. The van der Waals surface area contributed by atoms with Gasteiger partial charge in [0, 0.05) is 18.3 Å². The molecule has 0 saturated heterocycles. The van der Waals surface area contributed by atoms with Crippen LogP contribution in [0.5, 0.6) is 11.5 Å². The minimum atomic E-state index is -0.536. The molecule has 1 aromatic heterocycles. The van der Waals surface area contributed by atoms with E-state index in [1.54, 1.807) is 25.3 Å². The van der Waals surface area contributed by atoms with Crippen molar-refractivity contribution in [3.63, 3.8) is 0 Å². The number of hydrogen-bond donors (Lipinski definition) is 2. The lowest BCUT2D eigenvalue weighted by atomic mass is 10.2. The van der Waals surface area contributed by atoms with E-state index in [9.17, 15) is 4.39 Å². The fraction of sp³-hybridized carbons (Fsp3) is 0.286. The second-order valence-corrected chi connectivity index (χ2v) is 4.12. The van der Waals surface area contributed by atoms with E-state index in [1.165, 1.54) is 7.11 Å². The molecule has 0 saturated carbocycles. The van der Waals surface area contributed by atoms with E-state index in [0.717, 1.165) is 6.20 Å². The van der Waals surface area contributed by atoms with Crippen LogP contribution < -0.4 is 20.1 Å². The third-order valence-corrected chi connectivity index (χ3v) is 2.73. The first-order valence-corrected chi connectivity index (χ1v) is 6.43. The summed E-state index contributed by atoms with van der Waals surface area (Å²) < 4.78 is 24.1. The highest BCUT2D eigenvalue weighted by Crippen LogP contribution is 2.31. The summed E-state index contributed by atoms with van der Waals surface area (Å²) in [6, 6.07) is 5.18. The SMILES string of the molecule is CCNc1ncc(F)c(Nc2ccc(OC)c(OC)c2)n1. The highest BCUT2D eigenvalue weighted by molar-refractivity contribution is 5.62. The molecule has 2 aromatic rings. The molecule has 0 aliphatic rings. The van der Waals surface area contributed by atoms with Gasteiger partial charge in [0.25, 0.3) is 0 Å². The highest BCUT2D eigenvalue weighted by Gasteiger charge is 2.09. The maximum Gasteiger partial charge on any atom is 0.224 e. The minimum absolute atomic E-state index is 0.0909. The molecule has 7 heteroatoms. The lowest BCUT2D eigenvalue weighted by molar-refractivity contribution is 0.355. The third-order valence-electron chi connectivity index (χ3n) is 2.73. The third kappa shape index (κ3) is 3.50. The molecule has 2 N–H and O–H groups in total. The second kappa shape index (κ2) is 6.74. The van der Waals surface area contributed by atoms with Crippen LogP contribution in [0.1, 0.15) is 6.92 Å². The number of anilines is 3. The van der Waals surface area contributed by atoms with Crippen LogP contribution in [0.15, 0.2) is 24.4 Å². The molecule has 0 fully saturated rings. The van der Waals surface area contributed by atoms with E-state index < -0.39 is 5.82 Å². The Labute approximate surface area is 122 Å². The monoisotopic (exact) mass is 292 g/mol. The molecule has 0 aliphatic carbocycles. The van der Waals surface area contributed by atoms with E-state index >= 15 is 0 Å². The summed E-state index contributed by atoms with van der Waals surface area (Å²) in [7, 11) is 3.09. The van der Waals surface area contributed by atoms with Crippen molar-refractivity contribution in [3.8, 4) is 11.5 Å². The van der Waals surface area contributed by atoms with Crippen LogP contribution in [-0.2, 0) is 0 Å². The van der Waals surface area contributed by atoms with Gasteiger partial charge in [-0.05, 0) is 19.1 Å². The van der Waals surface area contributed by atoms with Crippen molar-refractivity contribution in [2.45, 2.75) is 6.92 Å². The zero-order valence-electron chi connectivity index (χ0n) is 12.1. The number of benzene rings is 1. The van der Waals surface area contributed by atoms with Gasteiger partial charge in [-0.15, -0.1) is 0 Å². The average Bonchev–Trinajstić information content (AvgIpc) is 2.50. The molecular weight excluding hydrogens is 275 g/mol. The predicted molar refractivity (Wildman–Crippen MR) is 79.0 cm³/mol. The van der Waals surface area contributed by atoms with Crippen molar-refractivity contribution in [3.05, 3.63) is 30.2 Å². The summed E-state index contributed by atoms with van der Waals surface area (Å²) in [5.74, 6) is 1.06. The Hall–Kier alpha value is -2.57. The molecule has 2 rings (SSSR count). The summed E-state index contributed by atoms with van der Waals surface area (Å²) in [4.78, 5) is 7.92. The lowest BCUT2D eigenvalue weighted by Gasteiger charge is -2.12. The molecular formula is C14H17FN4O2. The van der Waals surface area contributed by atoms with Gasteiger partial charge in [0.15, 0.2) is 23.1 Å². The normalized spacial score (nSPS) is 10.1. The summed E-state index contributed by atoms with van der Waals surface area (Å²) in [5, 5.41) is 5.82. The Balaban J connectivity index is 2.27. The predicted octanol–water partition coefficient (Wildman–Crippen LogP) is 2.81. The highest BCUT2D eigenvalue weighted by atomic mass is 19.1. The van der Waals surface area contributed by atoms with Crippen LogP contribution in [0.4, 0.5) is 21.8 Å². The van der Waals surface area contributed by atoms with Crippen LogP contribution in [0.2, 0.25) is 0 Å². The number of nitrogens with zero attached hydrogens (tertiary/aromatic N) is 2. The van der Waals surface area contributed by atoms with Crippen LogP contribution in [0.25, 0.3) is 0 Å². The van der Waals surface area contributed by atoms with E-state index in [4.69, 9.17) is 9.47 Å². The van der Waals surface area contributed by atoms with Crippen LogP contribution >= 0.6 is 0 Å². The summed E-state index contributed by atoms with van der Waals surface area (Å²) >= 11 is 0. The topological polar surface area (TPSA) is 68.3 Å². The van der Waals surface area contributed by atoms with Crippen LogP contribution in [-0.4, -0.2) is 30.7 Å². The zero-order valence-corrected chi connectivity index (χ0v) is 12.1. The van der Waals surface area contributed by atoms with E-state index in [0.29, 0.717) is 29.7 Å². The minimum Gasteiger partial charge on any atom is -0.493 e. The Morgan fingerprint density at radius 3 is 2.62 bits per heavy atom. The zero-order chi connectivity index (χ0) is 15.2. The molecule has 0 bridgehead atoms. The molecule has 1 heterocycles. The number of halogens is 1. The molecule has 6 nitrogen and oxygen atoms in total. The van der Waals surface area contributed by atoms with Gasteiger partial charge in [-0.25, -0.2) is 9.37 Å². The number of ether oxygens (including phenoxy) is 2. The Morgan fingerprint density at radius 2 is 1.95 bits per heavy atom.